The first-order valence-corrected chi connectivity index (χ1v) is 12.7. The minimum Gasteiger partial charge on any atom is -0.445 e. The lowest BCUT2D eigenvalue weighted by atomic mass is 10.0. The van der Waals surface area contributed by atoms with E-state index < -0.39 is 0 Å². The van der Waals surface area contributed by atoms with E-state index in [9.17, 15) is 4.79 Å². The Balaban J connectivity index is 1.16. The van der Waals surface area contributed by atoms with Crippen molar-refractivity contribution in [2.45, 2.75) is 38.3 Å². The Kier molecular flexibility index (Phi) is 6.42. The average Bonchev–Trinajstić information content (AvgIpc) is 3.69. The molecule has 1 aliphatic rings. The number of likely N-dealkylation sites (tertiary alicyclic amines) is 1. The van der Waals surface area contributed by atoms with Crippen LogP contribution in [0.5, 0.6) is 0 Å². The van der Waals surface area contributed by atoms with Crippen LogP contribution in [0.1, 0.15) is 35.4 Å². The molecule has 3 heterocycles. The van der Waals surface area contributed by atoms with Gasteiger partial charge in [0, 0.05) is 41.7 Å². The van der Waals surface area contributed by atoms with Crippen molar-refractivity contribution in [2.24, 2.45) is 0 Å². The van der Waals surface area contributed by atoms with Crippen molar-refractivity contribution in [3.05, 3.63) is 108 Å². The van der Waals surface area contributed by atoms with Crippen LogP contribution >= 0.6 is 0 Å². The Morgan fingerprint density at radius 2 is 1.81 bits per heavy atom. The van der Waals surface area contributed by atoms with Gasteiger partial charge in [-0.25, -0.2) is 4.79 Å². The quantitative estimate of drug-likeness (QED) is 0.294. The molecule has 1 saturated heterocycles. The summed E-state index contributed by atoms with van der Waals surface area (Å²) in [6.45, 7) is 1.01. The minimum absolute atomic E-state index is 0.104. The van der Waals surface area contributed by atoms with Crippen LogP contribution in [0, 0.1) is 0 Å². The van der Waals surface area contributed by atoms with Gasteiger partial charge in [0.15, 0.2) is 5.82 Å². The van der Waals surface area contributed by atoms with Gasteiger partial charge in [-0.05, 0) is 54.2 Å². The number of ether oxygens (including phenoxy) is 1. The zero-order chi connectivity index (χ0) is 25.0. The number of nitrogens with one attached hydrogen (secondary N) is 1. The van der Waals surface area contributed by atoms with Crippen LogP contribution in [0.15, 0.2) is 89.6 Å². The standard InChI is InChI=1S/C30H28N4O3/c35-30(36-20-22-10-5-2-6-11-22)34-15-7-12-25(34)17-24-19-31-27-14-13-23(18-26(24)27)29-32-28(33-37-29)16-21-8-3-1-4-9-21/h1-6,8-11,13-14,18-19,25,31H,7,12,15-17,20H2. The molecule has 7 heteroatoms. The number of nitrogens with zero attached hydrogens (tertiary/aromatic N) is 3. The second-order valence-corrected chi connectivity index (χ2v) is 9.49. The Morgan fingerprint density at radius 3 is 2.62 bits per heavy atom. The van der Waals surface area contributed by atoms with Gasteiger partial charge in [0.05, 0.1) is 0 Å². The molecule has 1 amide bonds. The van der Waals surface area contributed by atoms with Gasteiger partial charge in [0.25, 0.3) is 5.89 Å². The Morgan fingerprint density at radius 1 is 1.03 bits per heavy atom. The first-order valence-electron chi connectivity index (χ1n) is 12.7. The summed E-state index contributed by atoms with van der Waals surface area (Å²) in [6.07, 6.45) is 5.11. The van der Waals surface area contributed by atoms with Gasteiger partial charge in [-0.15, -0.1) is 0 Å². The second-order valence-electron chi connectivity index (χ2n) is 9.49. The summed E-state index contributed by atoms with van der Waals surface area (Å²) in [4.78, 5) is 22.7. The number of aromatic nitrogens is 3. The summed E-state index contributed by atoms with van der Waals surface area (Å²) >= 11 is 0. The van der Waals surface area contributed by atoms with E-state index in [-0.39, 0.29) is 18.7 Å². The topological polar surface area (TPSA) is 84.2 Å². The van der Waals surface area contributed by atoms with Crippen molar-refractivity contribution < 1.29 is 14.1 Å². The predicted molar refractivity (Wildman–Crippen MR) is 141 cm³/mol. The molecule has 0 saturated carbocycles. The molecule has 3 aromatic carbocycles. The van der Waals surface area contributed by atoms with Crippen LogP contribution in [0.2, 0.25) is 0 Å². The number of benzene rings is 3. The van der Waals surface area contributed by atoms with Crippen molar-refractivity contribution >= 4 is 17.0 Å². The zero-order valence-electron chi connectivity index (χ0n) is 20.5. The van der Waals surface area contributed by atoms with Crippen molar-refractivity contribution in [1.29, 1.82) is 0 Å². The van der Waals surface area contributed by atoms with E-state index in [0.717, 1.165) is 59.0 Å². The Labute approximate surface area is 215 Å². The van der Waals surface area contributed by atoms with E-state index in [1.165, 1.54) is 0 Å². The van der Waals surface area contributed by atoms with E-state index in [1.807, 2.05) is 71.8 Å². The molecule has 0 radical (unpaired) electrons. The van der Waals surface area contributed by atoms with Gasteiger partial charge in [-0.1, -0.05) is 65.8 Å². The molecule has 1 atom stereocenters. The average molecular weight is 493 g/mol. The Bertz CT molecular complexity index is 1490. The molecular weight excluding hydrogens is 464 g/mol. The van der Waals surface area contributed by atoms with E-state index >= 15 is 0 Å². The van der Waals surface area contributed by atoms with Crippen LogP contribution in [-0.4, -0.2) is 38.7 Å². The fraction of sp³-hybridized carbons (Fsp3) is 0.233. The monoisotopic (exact) mass is 492 g/mol. The number of amides is 1. The van der Waals surface area contributed by atoms with Gasteiger partial charge in [0.2, 0.25) is 0 Å². The third kappa shape index (κ3) is 5.11. The highest BCUT2D eigenvalue weighted by Gasteiger charge is 2.30. The molecule has 37 heavy (non-hydrogen) atoms. The highest BCUT2D eigenvalue weighted by Crippen LogP contribution is 2.29. The van der Waals surface area contributed by atoms with E-state index in [2.05, 4.69) is 33.3 Å². The summed E-state index contributed by atoms with van der Waals surface area (Å²) in [5.74, 6) is 1.16. The van der Waals surface area contributed by atoms with Crippen LogP contribution in [0.25, 0.3) is 22.4 Å². The SMILES string of the molecule is O=C(OCc1ccccc1)N1CCCC1Cc1c[nH]c2ccc(-c3nc(Cc4ccccc4)no3)cc12. The van der Waals surface area contributed by atoms with E-state index in [1.54, 1.807) is 0 Å². The molecule has 0 bridgehead atoms. The summed E-state index contributed by atoms with van der Waals surface area (Å²) < 4.78 is 11.2. The van der Waals surface area contributed by atoms with Crippen LogP contribution in [0.4, 0.5) is 4.79 Å². The molecule has 1 unspecified atom stereocenters. The number of aromatic amines is 1. The molecule has 1 N–H and O–H groups in total. The molecule has 186 valence electrons. The molecule has 0 spiro atoms. The summed E-state index contributed by atoms with van der Waals surface area (Å²) in [6, 6.07) is 26.1. The maximum absolute atomic E-state index is 12.9. The lowest BCUT2D eigenvalue weighted by Gasteiger charge is -2.24. The maximum Gasteiger partial charge on any atom is 0.410 e. The molecule has 1 fully saturated rings. The van der Waals surface area contributed by atoms with Gasteiger partial charge < -0.3 is 19.1 Å². The van der Waals surface area contributed by atoms with Gasteiger partial charge in [-0.3, -0.25) is 0 Å². The lowest BCUT2D eigenvalue weighted by molar-refractivity contribution is 0.0921. The highest BCUT2D eigenvalue weighted by atomic mass is 16.6. The summed E-state index contributed by atoms with van der Waals surface area (Å²) in [7, 11) is 0. The molecule has 2 aromatic heterocycles. The first-order chi connectivity index (χ1) is 18.2. The number of fused-ring (bicyclic) bond motifs is 1. The number of H-pyrrole nitrogens is 1. The summed E-state index contributed by atoms with van der Waals surface area (Å²) in [5.41, 5.74) is 5.21. The fourth-order valence-corrected chi connectivity index (χ4v) is 5.05. The smallest absolute Gasteiger partial charge is 0.410 e. The van der Waals surface area contributed by atoms with Crippen LogP contribution in [-0.2, 0) is 24.2 Å². The van der Waals surface area contributed by atoms with Gasteiger partial charge >= 0.3 is 6.09 Å². The number of hydrogen-bond acceptors (Lipinski definition) is 5. The van der Waals surface area contributed by atoms with Crippen molar-refractivity contribution in [3.8, 4) is 11.5 Å². The van der Waals surface area contributed by atoms with Crippen molar-refractivity contribution in [3.63, 3.8) is 0 Å². The number of hydrogen-bond donors (Lipinski definition) is 1. The normalized spacial score (nSPS) is 15.4. The molecule has 5 aromatic rings. The minimum atomic E-state index is -0.247. The molecule has 6 rings (SSSR count). The van der Waals surface area contributed by atoms with E-state index in [0.29, 0.717) is 18.1 Å². The fourth-order valence-electron chi connectivity index (χ4n) is 5.05. The second kappa shape index (κ2) is 10.3. The van der Waals surface area contributed by atoms with Crippen molar-refractivity contribution in [2.75, 3.05) is 6.54 Å². The predicted octanol–water partition coefficient (Wildman–Crippen LogP) is 6.15. The third-order valence-corrected chi connectivity index (χ3v) is 6.96. The van der Waals surface area contributed by atoms with E-state index in [4.69, 9.17) is 9.26 Å². The summed E-state index contributed by atoms with van der Waals surface area (Å²) in [5, 5.41) is 5.28. The Hall–Kier alpha value is -4.39. The lowest BCUT2D eigenvalue weighted by Crippen LogP contribution is -2.37. The zero-order valence-corrected chi connectivity index (χ0v) is 20.5. The number of carbonyl (C=O) groups is 1. The maximum atomic E-state index is 12.9. The van der Waals surface area contributed by atoms with Crippen LogP contribution < -0.4 is 0 Å². The highest BCUT2D eigenvalue weighted by molar-refractivity contribution is 5.87. The number of carbonyl (C=O) groups excluding carboxylic acids is 1. The molecule has 7 nitrogen and oxygen atoms in total. The van der Waals surface area contributed by atoms with Gasteiger partial charge in [-0.2, -0.15) is 4.98 Å². The van der Waals surface area contributed by atoms with Crippen molar-refractivity contribution in [1.82, 2.24) is 20.0 Å². The molecule has 0 aliphatic carbocycles. The third-order valence-electron chi connectivity index (χ3n) is 6.96. The van der Waals surface area contributed by atoms with Crippen LogP contribution in [0.3, 0.4) is 0 Å². The molecular formula is C30H28N4O3. The first kappa shape index (κ1) is 23.0. The van der Waals surface area contributed by atoms with Gasteiger partial charge in [0.1, 0.15) is 6.61 Å². The largest absolute Gasteiger partial charge is 0.445 e. The molecule has 1 aliphatic heterocycles. The number of rotatable bonds is 7.